The van der Waals surface area contributed by atoms with Crippen molar-refractivity contribution in [2.45, 2.75) is 0 Å². The van der Waals surface area contributed by atoms with Crippen molar-refractivity contribution >= 4 is 75.9 Å². The van der Waals surface area contributed by atoms with Crippen molar-refractivity contribution in [2.24, 2.45) is 5.14 Å². The van der Waals surface area contributed by atoms with Gasteiger partial charge in [0, 0.05) is 0 Å². The summed E-state index contributed by atoms with van der Waals surface area (Å²) in [5.74, 6) is 0. The first-order valence-electron chi connectivity index (χ1n) is 1.25. The summed E-state index contributed by atoms with van der Waals surface area (Å²) in [5, 5.41) is 10.8. The Hall–Kier alpha value is 1.34. The van der Waals surface area contributed by atoms with Crippen LogP contribution in [-0.4, -0.2) is 83.7 Å². The van der Waals surface area contributed by atoms with Gasteiger partial charge in [-0.15, -0.1) is 0 Å². The third kappa shape index (κ3) is 362. The second kappa shape index (κ2) is 13.0. The van der Waals surface area contributed by atoms with E-state index >= 15 is 0 Å². The summed E-state index contributed by atoms with van der Waals surface area (Å²) < 4.78 is 25.2. The molecule has 0 aromatic carbocycles. The third-order valence-corrected chi connectivity index (χ3v) is 0. The molecule has 9 heteroatoms. The summed E-state index contributed by atoms with van der Waals surface area (Å²) in [7, 11) is -4.17. The first-order chi connectivity index (χ1) is 3.41. The quantitative estimate of drug-likeness (QED) is 0.216. The predicted octanol–water partition coefficient (Wildman–Crippen LogP) is -2.85. The van der Waals surface area contributed by atoms with Gasteiger partial charge in [0.1, 0.15) is 0 Å². The van der Waals surface area contributed by atoms with Gasteiger partial charge in [-0.3, -0.25) is 9.35 Å². The Morgan fingerprint density at radius 1 is 1.30 bits per heavy atom. The zero-order valence-electron chi connectivity index (χ0n) is 3.68. The van der Waals surface area contributed by atoms with E-state index in [4.69, 9.17) is 22.9 Å². The topological polar surface area (TPSA) is 118 Å². The van der Waals surface area contributed by atoms with E-state index in [0.717, 1.165) is 0 Å². The zero-order chi connectivity index (χ0) is 7.21. The van der Waals surface area contributed by atoms with E-state index < -0.39 is 10.3 Å². The van der Waals surface area contributed by atoms with Crippen LogP contribution < -0.4 is 5.14 Å². The molecule has 54 valence electrons. The third-order valence-electron chi connectivity index (χ3n) is 0. The first-order valence-corrected chi connectivity index (χ1v) is 2.75. The van der Waals surface area contributed by atoms with Gasteiger partial charge in [0.2, 0.25) is 0 Å². The van der Waals surface area contributed by atoms with E-state index in [9.17, 15) is 0 Å². The monoisotopic (exact) mass is 191 g/mol. The minimum absolute atomic E-state index is 0. The van der Waals surface area contributed by atoms with E-state index in [-0.39, 0.29) is 65.6 Å². The molecule has 0 fully saturated rings. The molecule has 0 spiro atoms. The van der Waals surface area contributed by atoms with Gasteiger partial charge in [-0.05, 0) is 0 Å². The number of carbonyl (C=O) groups is 1. The van der Waals surface area contributed by atoms with Crippen LogP contribution in [0.15, 0.2) is 0 Å². The average molecular weight is 191 g/mol. The fourth-order valence-corrected chi connectivity index (χ4v) is 0. The molecule has 0 bridgehead atoms. The second-order valence-electron chi connectivity index (χ2n) is 0.620. The molecule has 0 radical (unpaired) electrons. The molecule has 0 aliphatic carbocycles. The van der Waals surface area contributed by atoms with Gasteiger partial charge >= 0.3 is 69.4 Å². The van der Waals surface area contributed by atoms with Gasteiger partial charge in [0.15, 0.2) is 0 Å². The van der Waals surface area contributed by atoms with Crippen LogP contribution in [0.2, 0.25) is 0 Å². The summed E-state index contributed by atoms with van der Waals surface area (Å²) in [4.78, 5) is 8.36. The minimum atomic E-state index is -4.17. The maximum atomic E-state index is 8.97. The fourth-order valence-electron chi connectivity index (χ4n) is 0. The standard InChI is InChI=1S/CH2O2.H3NO3S.2Na.2H/c2-1-3;1-5(2,3)4;;;;/h1H,(H,2,3);(H3,1,2,3,4);;;;. The number of carboxylic acid groups (broad SMARTS) is 1. The molecule has 4 N–H and O–H groups in total. The van der Waals surface area contributed by atoms with Crippen molar-refractivity contribution < 1.29 is 22.9 Å². The van der Waals surface area contributed by atoms with Crippen LogP contribution in [0.25, 0.3) is 0 Å². The Morgan fingerprint density at radius 3 is 1.30 bits per heavy atom. The molecule has 0 aliphatic heterocycles. The van der Waals surface area contributed by atoms with Crippen molar-refractivity contribution in [1.82, 2.24) is 0 Å². The molecule has 0 heterocycles. The molecule has 0 rings (SSSR count). The number of rotatable bonds is 0. The number of hydrogen-bond acceptors (Lipinski definition) is 3. The normalized spacial score (nSPS) is 7.00. The Balaban J connectivity index is -0.0000000326. The molecule has 0 saturated carbocycles. The van der Waals surface area contributed by atoms with Crippen LogP contribution in [-0.2, 0) is 15.1 Å². The van der Waals surface area contributed by atoms with Gasteiger partial charge in [-0.25, -0.2) is 5.14 Å². The van der Waals surface area contributed by atoms with E-state index in [0.29, 0.717) is 0 Å². The van der Waals surface area contributed by atoms with Crippen LogP contribution in [0.4, 0.5) is 0 Å². The molecule has 0 atom stereocenters. The fraction of sp³-hybridized carbons (Fsp3) is 0. The average Bonchev–Trinajstić information content (AvgIpc) is 1.27. The van der Waals surface area contributed by atoms with Crippen LogP contribution in [0, 0.1) is 0 Å². The molecule has 0 unspecified atom stereocenters. The molecule has 6 nitrogen and oxygen atoms in total. The van der Waals surface area contributed by atoms with Crippen molar-refractivity contribution in [3.8, 4) is 0 Å². The van der Waals surface area contributed by atoms with Crippen molar-refractivity contribution in [3.63, 3.8) is 0 Å². The van der Waals surface area contributed by atoms with Gasteiger partial charge in [-0.2, -0.15) is 8.42 Å². The van der Waals surface area contributed by atoms with E-state index in [1.807, 2.05) is 0 Å². The molecular formula is CH7NNa2O5S. The maximum absolute atomic E-state index is 8.97. The first kappa shape index (κ1) is 22.5. The molecule has 0 saturated heterocycles. The Morgan fingerprint density at radius 2 is 1.30 bits per heavy atom. The predicted molar refractivity (Wildman–Crippen MR) is 38.7 cm³/mol. The van der Waals surface area contributed by atoms with Crippen molar-refractivity contribution in [1.29, 1.82) is 0 Å². The zero-order valence-corrected chi connectivity index (χ0v) is 4.50. The van der Waals surface area contributed by atoms with Gasteiger partial charge < -0.3 is 5.11 Å². The summed E-state index contributed by atoms with van der Waals surface area (Å²) in [6, 6.07) is 0. The number of hydrogen-bond donors (Lipinski definition) is 3. The Kier molecular flexibility index (Phi) is 29.2. The number of nitrogens with two attached hydrogens (primary N) is 1. The van der Waals surface area contributed by atoms with Crippen LogP contribution >= 0.6 is 0 Å². The SMILES string of the molecule is NS(=O)(=O)O.O=CO.[NaH].[NaH]. The summed E-state index contributed by atoms with van der Waals surface area (Å²) in [6.07, 6.45) is 0. The van der Waals surface area contributed by atoms with Gasteiger partial charge in [0.25, 0.3) is 6.47 Å². The molecule has 0 aromatic rings. The second-order valence-corrected chi connectivity index (χ2v) is 1.65. The van der Waals surface area contributed by atoms with E-state index in [1.54, 1.807) is 0 Å². The van der Waals surface area contributed by atoms with Crippen LogP contribution in [0.5, 0.6) is 0 Å². The van der Waals surface area contributed by atoms with E-state index in [2.05, 4.69) is 5.14 Å². The van der Waals surface area contributed by atoms with E-state index in [1.165, 1.54) is 0 Å². The molecule has 0 aromatic heterocycles. The summed E-state index contributed by atoms with van der Waals surface area (Å²) in [6.45, 7) is -0.250. The summed E-state index contributed by atoms with van der Waals surface area (Å²) in [5.41, 5.74) is 0. The Labute approximate surface area is 103 Å². The van der Waals surface area contributed by atoms with Gasteiger partial charge in [0.05, 0.1) is 0 Å². The Bertz CT molecular complexity index is 134. The van der Waals surface area contributed by atoms with Crippen LogP contribution in [0.3, 0.4) is 0 Å². The molecule has 0 amide bonds. The summed E-state index contributed by atoms with van der Waals surface area (Å²) >= 11 is 0. The molecular weight excluding hydrogens is 184 g/mol. The van der Waals surface area contributed by atoms with Crippen molar-refractivity contribution in [3.05, 3.63) is 0 Å². The molecule has 10 heavy (non-hydrogen) atoms. The molecule has 0 aliphatic rings. The van der Waals surface area contributed by atoms with Gasteiger partial charge in [-0.1, -0.05) is 0 Å². The van der Waals surface area contributed by atoms with Crippen molar-refractivity contribution in [2.75, 3.05) is 0 Å². The van der Waals surface area contributed by atoms with Crippen LogP contribution in [0.1, 0.15) is 0 Å².